The number of anilines is 1. The Labute approximate surface area is 166 Å². The number of nitrogen functional groups attached to an aromatic ring is 1. The highest BCUT2D eigenvalue weighted by atomic mass is 15.3. The van der Waals surface area contributed by atoms with Crippen molar-refractivity contribution in [2.24, 2.45) is 0 Å². The summed E-state index contributed by atoms with van der Waals surface area (Å²) in [7, 11) is 0. The van der Waals surface area contributed by atoms with Crippen LogP contribution in [0.25, 0.3) is 22.4 Å². The van der Waals surface area contributed by atoms with Gasteiger partial charge in [-0.25, -0.2) is 4.98 Å². The quantitative estimate of drug-likeness (QED) is 0.483. The normalized spacial score (nSPS) is 11.2. The maximum Gasteiger partial charge on any atom is 0.203 e. The molecule has 3 N–H and O–H groups in total. The molecule has 1 aromatic carbocycles. The molecule has 8 nitrogen and oxygen atoms in total. The van der Waals surface area contributed by atoms with E-state index < -0.39 is 0 Å². The van der Waals surface area contributed by atoms with Gasteiger partial charge in [0.05, 0.1) is 24.1 Å². The van der Waals surface area contributed by atoms with E-state index in [2.05, 4.69) is 37.6 Å². The number of H-pyrrole nitrogens is 1. The Balaban J connectivity index is 1.36. The van der Waals surface area contributed by atoms with Gasteiger partial charge in [-0.15, -0.1) is 5.10 Å². The molecule has 5 rings (SSSR count). The van der Waals surface area contributed by atoms with Crippen LogP contribution in [0, 0.1) is 0 Å². The molecule has 0 unspecified atom stereocenters. The second-order valence-corrected chi connectivity index (χ2v) is 6.81. The van der Waals surface area contributed by atoms with Crippen molar-refractivity contribution >= 4 is 17.0 Å². The number of nitrogens with zero attached hydrogens (tertiary/aromatic N) is 6. The Morgan fingerprint density at radius 3 is 2.76 bits per heavy atom. The van der Waals surface area contributed by atoms with E-state index in [0.717, 1.165) is 33.6 Å². The average molecular weight is 382 g/mol. The standard InChI is InChI=1S/C21H18N8/c22-19-10-16(20-21(25-19)27-28-26-20)9-14-11-23-29(12-14)13-17-7-4-8-18(24-17)15-5-2-1-3-6-15/h1-8,10-12H,9,13H2,(H3,22,25,26,27,28). The fourth-order valence-electron chi connectivity index (χ4n) is 3.36. The Kier molecular flexibility index (Phi) is 4.21. The molecule has 0 atom stereocenters. The monoisotopic (exact) mass is 382 g/mol. The van der Waals surface area contributed by atoms with Crippen molar-refractivity contribution in [3.8, 4) is 11.3 Å². The van der Waals surface area contributed by atoms with Gasteiger partial charge in [-0.05, 0) is 29.3 Å². The zero-order chi connectivity index (χ0) is 19.6. The first kappa shape index (κ1) is 17.1. The minimum atomic E-state index is 0.427. The highest BCUT2D eigenvalue weighted by Crippen LogP contribution is 2.20. The van der Waals surface area contributed by atoms with Crippen LogP contribution in [-0.2, 0) is 13.0 Å². The molecule has 29 heavy (non-hydrogen) atoms. The van der Waals surface area contributed by atoms with Gasteiger partial charge in [0.15, 0.2) is 0 Å². The van der Waals surface area contributed by atoms with Gasteiger partial charge < -0.3 is 5.73 Å². The van der Waals surface area contributed by atoms with Crippen molar-refractivity contribution in [2.75, 3.05) is 5.73 Å². The third kappa shape index (κ3) is 3.55. The molecule has 8 heteroatoms. The number of aromatic amines is 1. The number of hydrogen-bond acceptors (Lipinski definition) is 6. The molecule has 0 saturated heterocycles. The van der Waals surface area contributed by atoms with E-state index >= 15 is 0 Å². The van der Waals surface area contributed by atoms with E-state index in [1.807, 2.05) is 59.5 Å². The summed E-state index contributed by atoms with van der Waals surface area (Å²) < 4.78 is 1.89. The largest absolute Gasteiger partial charge is 0.384 e. The molecule has 4 aromatic heterocycles. The van der Waals surface area contributed by atoms with Crippen LogP contribution in [0.1, 0.15) is 16.8 Å². The predicted octanol–water partition coefficient (Wildman–Crippen LogP) is 2.83. The van der Waals surface area contributed by atoms with E-state index in [1.54, 1.807) is 0 Å². The highest BCUT2D eigenvalue weighted by Gasteiger charge is 2.11. The molecule has 0 aliphatic carbocycles. The molecular weight excluding hydrogens is 364 g/mol. The summed E-state index contributed by atoms with van der Waals surface area (Å²) in [5.41, 5.74) is 12.2. The lowest BCUT2D eigenvalue weighted by Gasteiger charge is -2.05. The van der Waals surface area contributed by atoms with Gasteiger partial charge >= 0.3 is 0 Å². The van der Waals surface area contributed by atoms with Crippen molar-refractivity contribution in [1.82, 2.24) is 35.2 Å². The Morgan fingerprint density at radius 1 is 0.966 bits per heavy atom. The number of fused-ring (bicyclic) bond motifs is 1. The summed E-state index contributed by atoms with van der Waals surface area (Å²) in [5.74, 6) is 0.427. The van der Waals surface area contributed by atoms with Crippen LogP contribution >= 0.6 is 0 Å². The van der Waals surface area contributed by atoms with Crippen molar-refractivity contribution in [3.05, 3.63) is 83.8 Å². The van der Waals surface area contributed by atoms with Crippen LogP contribution in [0.4, 0.5) is 5.82 Å². The molecule has 0 aliphatic heterocycles. The lowest BCUT2D eigenvalue weighted by Crippen LogP contribution is -2.02. The third-order valence-corrected chi connectivity index (χ3v) is 4.67. The maximum absolute atomic E-state index is 5.89. The van der Waals surface area contributed by atoms with E-state index in [-0.39, 0.29) is 0 Å². The summed E-state index contributed by atoms with van der Waals surface area (Å²) in [6.07, 6.45) is 4.51. The van der Waals surface area contributed by atoms with Crippen LogP contribution < -0.4 is 5.73 Å². The van der Waals surface area contributed by atoms with Crippen molar-refractivity contribution in [1.29, 1.82) is 0 Å². The number of benzene rings is 1. The molecule has 0 fully saturated rings. The second-order valence-electron chi connectivity index (χ2n) is 6.81. The zero-order valence-corrected chi connectivity index (χ0v) is 15.5. The second kappa shape index (κ2) is 7.16. The van der Waals surface area contributed by atoms with Crippen LogP contribution in [0.3, 0.4) is 0 Å². The zero-order valence-electron chi connectivity index (χ0n) is 15.5. The Morgan fingerprint density at radius 2 is 1.86 bits per heavy atom. The number of aromatic nitrogens is 7. The molecule has 0 bridgehead atoms. The van der Waals surface area contributed by atoms with Gasteiger partial charge in [0, 0.05) is 18.2 Å². The molecule has 0 amide bonds. The fourth-order valence-corrected chi connectivity index (χ4v) is 3.36. The fraction of sp³-hybridized carbons (Fsp3) is 0.0952. The average Bonchev–Trinajstić information content (AvgIpc) is 3.38. The van der Waals surface area contributed by atoms with Crippen LogP contribution in [0.5, 0.6) is 0 Å². The molecule has 4 heterocycles. The summed E-state index contributed by atoms with van der Waals surface area (Å²) >= 11 is 0. The summed E-state index contributed by atoms with van der Waals surface area (Å²) in [4.78, 5) is 8.95. The molecule has 0 aliphatic rings. The minimum Gasteiger partial charge on any atom is -0.384 e. The van der Waals surface area contributed by atoms with Crippen LogP contribution in [-0.4, -0.2) is 35.2 Å². The molecular formula is C21H18N8. The smallest absolute Gasteiger partial charge is 0.203 e. The first-order valence-corrected chi connectivity index (χ1v) is 9.23. The Bertz CT molecular complexity index is 1270. The lowest BCUT2D eigenvalue weighted by molar-refractivity contribution is 0.673. The van der Waals surface area contributed by atoms with E-state index in [0.29, 0.717) is 24.4 Å². The minimum absolute atomic E-state index is 0.427. The molecule has 0 spiro atoms. The van der Waals surface area contributed by atoms with E-state index in [1.165, 1.54) is 0 Å². The third-order valence-electron chi connectivity index (χ3n) is 4.67. The highest BCUT2D eigenvalue weighted by molar-refractivity contribution is 5.76. The lowest BCUT2D eigenvalue weighted by atomic mass is 10.1. The van der Waals surface area contributed by atoms with Crippen LogP contribution in [0.15, 0.2) is 67.0 Å². The van der Waals surface area contributed by atoms with Crippen molar-refractivity contribution in [2.45, 2.75) is 13.0 Å². The Hall–Kier alpha value is -4.07. The first-order valence-electron chi connectivity index (χ1n) is 9.23. The summed E-state index contributed by atoms with van der Waals surface area (Å²) in [5, 5.41) is 15.3. The van der Waals surface area contributed by atoms with E-state index in [9.17, 15) is 0 Å². The van der Waals surface area contributed by atoms with E-state index in [4.69, 9.17) is 10.7 Å². The van der Waals surface area contributed by atoms with Gasteiger partial charge in [-0.2, -0.15) is 15.4 Å². The number of nitrogens with one attached hydrogen (secondary N) is 1. The number of hydrogen-bond donors (Lipinski definition) is 2. The number of pyridine rings is 2. The van der Waals surface area contributed by atoms with Crippen LogP contribution in [0.2, 0.25) is 0 Å². The molecule has 0 radical (unpaired) electrons. The summed E-state index contributed by atoms with van der Waals surface area (Å²) in [6.45, 7) is 0.596. The van der Waals surface area contributed by atoms with Gasteiger partial charge in [-0.1, -0.05) is 36.4 Å². The molecule has 142 valence electrons. The van der Waals surface area contributed by atoms with Gasteiger partial charge in [0.25, 0.3) is 0 Å². The predicted molar refractivity (Wildman–Crippen MR) is 110 cm³/mol. The molecule has 0 saturated carbocycles. The van der Waals surface area contributed by atoms with Gasteiger partial charge in [-0.3, -0.25) is 9.67 Å². The number of rotatable bonds is 5. The van der Waals surface area contributed by atoms with Crippen molar-refractivity contribution < 1.29 is 0 Å². The van der Waals surface area contributed by atoms with Crippen molar-refractivity contribution in [3.63, 3.8) is 0 Å². The SMILES string of the molecule is Nc1cc(Cc2cnn(Cc3cccc(-c4ccccc4)n3)c2)c2n[nH]nc2n1. The number of nitrogens with two attached hydrogens (primary N) is 1. The molecule has 5 aromatic rings. The van der Waals surface area contributed by atoms with Gasteiger partial charge in [0.1, 0.15) is 11.3 Å². The topological polar surface area (TPSA) is 111 Å². The van der Waals surface area contributed by atoms with Gasteiger partial charge in [0.2, 0.25) is 5.65 Å². The maximum atomic E-state index is 5.89. The summed E-state index contributed by atoms with van der Waals surface area (Å²) in [6, 6.07) is 18.0. The first-order chi connectivity index (χ1) is 14.2.